The van der Waals surface area contributed by atoms with Crippen molar-refractivity contribution in [3.05, 3.63) is 65.6 Å². The average Bonchev–Trinajstić information content (AvgIpc) is 3.24. The Bertz CT molecular complexity index is 1070. The van der Waals surface area contributed by atoms with Crippen LogP contribution in [0, 0.1) is 12.8 Å². The molecular formula is C24H28N4O3. The van der Waals surface area contributed by atoms with Crippen molar-refractivity contribution in [2.24, 2.45) is 5.92 Å². The van der Waals surface area contributed by atoms with Crippen LogP contribution in [-0.2, 0) is 11.2 Å². The maximum atomic E-state index is 13.0. The molecule has 1 aliphatic heterocycles. The number of hydrogen-bond donors (Lipinski definition) is 1. The predicted octanol–water partition coefficient (Wildman–Crippen LogP) is 2.86. The summed E-state index contributed by atoms with van der Waals surface area (Å²) < 4.78 is 7.09. The quantitative estimate of drug-likeness (QED) is 0.665. The Morgan fingerprint density at radius 1 is 1.19 bits per heavy atom. The summed E-state index contributed by atoms with van der Waals surface area (Å²) in [4.78, 5) is 31.7. The number of hydrogen-bond acceptors (Lipinski definition) is 4. The second-order valence-electron chi connectivity index (χ2n) is 8.11. The lowest BCUT2D eigenvalue weighted by molar-refractivity contribution is -0.120. The van der Waals surface area contributed by atoms with E-state index in [4.69, 9.17) is 4.74 Å². The van der Waals surface area contributed by atoms with Crippen molar-refractivity contribution >= 4 is 17.5 Å². The van der Waals surface area contributed by atoms with Crippen LogP contribution in [-0.4, -0.2) is 52.8 Å². The Morgan fingerprint density at radius 2 is 2.00 bits per heavy atom. The molecule has 31 heavy (non-hydrogen) atoms. The minimum atomic E-state index is -0.0441. The van der Waals surface area contributed by atoms with Gasteiger partial charge < -0.3 is 19.4 Å². The van der Waals surface area contributed by atoms with E-state index in [0.29, 0.717) is 25.2 Å². The van der Waals surface area contributed by atoms with Crippen LogP contribution in [0.1, 0.15) is 34.6 Å². The molecule has 1 aromatic carbocycles. The summed E-state index contributed by atoms with van der Waals surface area (Å²) in [5.74, 6) is 0.968. The van der Waals surface area contributed by atoms with Crippen LogP contribution < -0.4 is 10.1 Å². The number of fused-ring (bicyclic) bond motifs is 1. The van der Waals surface area contributed by atoms with Gasteiger partial charge in [0.1, 0.15) is 17.1 Å². The monoisotopic (exact) mass is 420 g/mol. The Hall–Kier alpha value is -3.35. The largest absolute Gasteiger partial charge is 0.497 e. The van der Waals surface area contributed by atoms with E-state index in [1.807, 2.05) is 64.9 Å². The number of aryl methyl sites for hydroxylation is 1. The number of imidazole rings is 1. The second kappa shape index (κ2) is 9.20. The molecular weight excluding hydrogens is 392 g/mol. The molecule has 4 rings (SSSR count). The van der Waals surface area contributed by atoms with Gasteiger partial charge in [-0.1, -0.05) is 18.2 Å². The Morgan fingerprint density at radius 3 is 2.74 bits per heavy atom. The summed E-state index contributed by atoms with van der Waals surface area (Å²) in [6, 6.07) is 13.3. The van der Waals surface area contributed by atoms with Crippen LogP contribution in [0.3, 0.4) is 0 Å². The maximum Gasteiger partial charge on any atom is 0.274 e. The smallest absolute Gasteiger partial charge is 0.274 e. The molecule has 1 N–H and O–H groups in total. The van der Waals surface area contributed by atoms with Crippen LogP contribution in [0.15, 0.2) is 48.7 Å². The molecule has 0 spiro atoms. The van der Waals surface area contributed by atoms with Gasteiger partial charge in [-0.25, -0.2) is 4.98 Å². The summed E-state index contributed by atoms with van der Waals surface area (Å²) in [7, 11) is 1.62. The van der Waals surface area contributed by atoms with Crippen LogP contribution in [0.4, 0.5) is 0 Å². The molecule has 2 aromatic heterocycles. The number of carbonyl (C=O) groups is 2. The third-order valence-corrected chi connectivity index (χ3v) is 5.83. The summed E-state index contributed by atoms with van der Waals surface area (Å²) in [6.45, 7) is 3.92. The zero-order valence-electron chi connectivity index (χ0n) is 18.0. The van der Waals surface area contributed by atoms with E-state index >= 15 is 0 Å². The van der Waals surface area contributed by atoms with E-state index < -0.39 is 0 Å². The number of nitrogens with zero attached hydrogens (tertiary/aromatic N) is 3. The van der Waals surface area contributed by atoms with Gasteiger partial charge in [0.05, 0.1) is 13.5 Å². The normalized spacial score (nSPS) is 16.3. The molecule has 0 saturated carbocycles. The van der Waals surface area contributed by atoms with Crippen LogP contribution in [0.25, 0.3) is 5.65 Å². The number of amides is 2. The molecule has 0 bridgehead atoms. The topological polar surface area (TPSA) is 75.9 Å². The molecule has 7 nitrogen and oxygen atoms in total. The Labute approximate surface area is 182 Å². The number of carbonyl (C=O) groups excluding carboxylic acids is 2. The van der Waals surface area contributed by atoms with E-state index in [-0.39, 0.29) is 17.7 Å². The van der Waals surface area contributed by atoms with Crippen molar-refractivity contribution in [3.63, 3.8) is 0 Å². The van der Waals surface area contributed by atoms with Gasteiger partial charge >= 0.3 is 0 Å². The van der Waals surface area contributed by atoms with Gasteiger partial charge in [0.15, 0.2) is 0 Å². The number of methoxy groups -OCH3 is 1. The molecule has 0 aliphatic carbocycles. The summed E-state index contributed by atoms with van der Waals surface area (Å²) in [5, 5.41) is 3.03. The third-order valence-electron chi connectivity index (χ3n) is 5.83. The van der Waals surface area contributed by atoms with E-state index in [1.54, 1.807) is 7.11 Å². The first-order valence-corrected chi connectivity index (χ1v) is 10.7. The minimum Gasteiger partial charge on any atom is -0.497 e. The van der Waals surface area contributed by atoms with Gasteiger partial charge in [-0.05, 0) is 55.5 Å². The molecule has 2 amide bonds. The van der Waals surface area contributed by atoms with E-state index in [9.17, 15) is 9.59 Å². The fraction of sp³-hybridized carbons (Fsp3) is 0.375. The molecule has 7 heteroatoms. The van der Waals surface area contributed by atoms with E-state index in [1.165, 1.54) is 0 Å². The first-order chi connectivity index (χ1) is 15.0. The first kappa shape index (κ1) is 20.9. The van der Waals surface area contributed by atoms with Gasteiger partial charge in [0.2, 0.25) is 5.91 Å². The number of nitrogens with one attached hydrogen (secondary N) is 1. The summed E-state index contributed by atoms with van der Waals surface area (Å²) in [6.07, 6.45) is 4.07. The highest BCUT2D eigenvalue weighted by Gasteiger charge is 2.26. The lowest BCUT2D eigenvalue weighted by Gasteiger charge is -2.32. The third kappa shape index (κ3) is 4.87. The van der Waals surface area contributed by atoms with Crippen molar-refractivity contribution in [2.75, 3.05) is 26.7 Å². The zero-order chi connectivity index (χ0) is 21.8. The van der Waals surface area contributed by atoms with Gasteiger partial charge in [-0.15, -0.1) is 0 Å². The van der Waals surface area contributed by atoms with Crippen molar-refractivity contribution < 1.29 is 14.3 Å². The standard InChI is InChI=1S/C24H28N4O3/c1-17-5-3-7-22-26-21(16-28(17)22)24(30)27-12-4-6-19(15-27)14-25-23(29)13-18-8-10-20(31-2)11-9-18/h3,5,7-11,16,19H,4,6,12-15H2,1-2H3,(H,25,29)/t19-/m0/s1. The van der Waals surface area contributed by atoms with Gasteiger partial charge in [-0.2, -0.15) is 0 Å². The zero-order valence-corrected chi connectivity index (χ0v) is 18.0. The number of ether oxygens (including phenoxy) is 1. The fourth-order valence-electron chi connectivity index (χ4n) is 4.08. The number of piperidine rings is 1. The molecule has 3 heterocycles. The van der Waals surface area contributed by atoms with Gasteiger partial charge in [0, 0.05) is 31.5 Å². The van der Waals surface area contributed by atoms with Crippen molar-refractivity contribution in [3.8, 4) is 5.75 Å². The highest BCUT2D eigenvalue weighted by molar-refractivity contribution is 5.93. The lowest BCUT2D eigenvalue weighted by Crippen LogP contribution is -2.44. The maximum absolute atomic E-state index is 13.0. The highest BCUT2D eigenvalue weighted by Crippen LogP contribution is 2.19. The first-order valence-electron chi connectivity index (χ1n) is 10.7. The van der Waals surface area contributed by atoms with E-state index in [0.717, 1.165) is 42.0 Å². The molecule has 1 saturated heterocycles. The average molecular weight is 421 g/mol. The lowest BCUT2D eigenvalue weighted by atomic mass is 9.97. The molecule has 3 aromatic rings. The van der Waals surface area contributed by atoms with Gasteiger partial charge in [0.25, 0.3) is 5.91 Å². The van der Waals surface area contributed by atoms with Crippen molar-refractivity contribution in [1.29, 1.82) is 0 Å². The highest BCUT2D eigenvalue weighted by atomic mass is 16.5. The fourth-order valence-corrected chi connectivity index (χ4v) is 4.08. The Kier molecular flexibility index (Phi) is 6.21. The molecule has 1 atom stereocenters. The van der Waals surface area contributed by atoms with Crippen LogP contribution in [0.5, 0.6) is 5.75 Å². The molecule has 1 fully saturated rings. The SMILES string of the molecule is COc1ccc(CC(=O)NC[C@@H]2CCCN(C(=O)c3cn4c(C)cccc4n3)C2)cc1. The summed E-state index contributed by atoms with van der Waals surface area (Å²) in [5.41, 5.74) is 3.24. The molecule has 162 valence electrons. The number of pyridine rings is 1. The molecule has 0 unspecified atom stereocenters. The number of likely N-dealkylation sites (tertiary alicyclic amines) is 1. The van der Waals surface area contributed by atoms with Crippen LogP contribution >= 0.6 is 0 Å². The Balaban J connectivity index is 1.31. The van der Waals surface area contributed by atoms with Crippen molar-refractivity contribution in [2.45, 2.75) is 26.2 Å². The van der Waals surface area contributed by atoms with Gasteiger partial charge in [-0.3, -0.25) is 9.59 Å². The number of rotatable bonds is 6. The molecule has 1 aliphatic rings. The second-order valence-corrected chi connectivity index (χ2v) is 8.11. The number of aromatic nitrogens is 2. The molecule has 0 radical (unpaired) electrons. The predicted molar refractivity (Wildman–Crippen MR) is 118 cm³/mol. The minimum absolute atomic E-state index is 0.00978. The number of benzene rings is 1. The summed E-state index contributed by atoms with van der Waals surface area (Å²) >= 11 is 0. The van der Waals surface area contributed by atoms with Crippen LogP contribution in [0.2, 0.25) is 0 Å². The van der Waals surface area contributed by atoms with E-state index in [2.05, 4.69) is 10.3 Å². The van der Waals surface area contributed by atoms with Crippen molar-refractivity contribution in [1.82, 2.24) is 19.6 Å².